The highest BCUT2D eigenvalue weighted by Crippen LogP contribution is 2.43. The minimum absolute atomic E-state index is 0.0956. The highest BCUT2D eigenvalue weighted by Gasteiger charge is 2.25. The zero-order valence-corrected chi connectivity index (χ0v) is 38.7. The van der Waals surface area contributed by atoms with Gasteiger partial charge in [0.25, 0.3) is 0 Å². The van der Waals surface area contributed by atoms with E-state index in [1.807, 2.05) is 0 Å². The number of ether oxygens (including phenoxy) is 2. The molecule has 0 heterocycles. The molecular weight excluding hydrogens is 746 g/mol. The molecule has 0 saturated heterocycles. The van der Waals surface area contributed by atoms with E-state index >= 15 is 0 Å². The Morgan fingerprint density at radius 1 is 0.534 bits per heavy atom. The molecule has 340 valence electrons. The molecule has 0 amide bonds. The Balaban J connectivity index is 3.92. The highest BCUT2D eigenvalue weighted by atomic mass is 31.2. The van der Waals surface area contributed by atoms with E-state index < -0.39 is 13.9 Å². The van der Waals surface area contributed by atoms with Crippen molar-refractivity contribution in [1.29, 1.82) is 0 Å². The molecule has 0 aliphatic heterocycles. The third-order valence-electron chi connectivity index (χ3n) is 10.2. The average Bonchev–Trinajstić information content (AvgIpc) is 3.21. The summed E-state index contributed by atoms with van der Waals surface area (Å²) in [6.07, 6.45) is 55.8. The van der Waals surface area contributed by atoms with Crippen molar-refractivity contribution < 1.29 is 32.8 Å². The number of allylic oxidation sites excluding steroid dienone is 8. The number of unbranched alkanes of at least 4 members (excludes halogenated alkanes) is 25. The van der Waals surface area contributed by atoms with E-state index in [1.54, 1.807) is 0 Å². The lowest BCUT2D eigenvalue weighted by Crippen LogP contribution is -2.28. The molecule has 0 spiro atoms. The third-order valence-corrected chi connectivity index (χ3v) is 11.2. The van der Waals surface area contributed by atoms with Gasteiger partial charge in [-0.3, -0.25) is 13.8 Å². The van der Waals surface area contributed by atoms with Crippen LogP contribution in [0.15, 0.2) is 48.6 Å². The zero-order valence-electron chi connectivity index (χ0n) is 37.8. The lowest BCUT2D eigenvalue weighted by molar-refractivity contribution is -0.154. The van der Waals surface area contributed by atoms with Gasteiger partial charge in [-0.25, -0.2) is 4.57 Å². The molecule has 0 aliphatic rings. The van der Waals surface area contributed by atoms with Crippen LogP contribution in [0, 0.1) is 0 Å². The van der Waals surface area contributed by atoms with Gasteiger partial charge in [0.15, 0.2) is 0 Å². The van der Waals surface area contributed by atoms with Crippen molar-refractivity contribution in [2.24, 2.45) is 5.73 Å². The van der Waals surface area contributed by atoms with Crippen LogP contribution in [-0.2, 0) is 27.9 Å². The number of rotatable bonds is 46. The standard InChI is InChI=1S/C49H92NO7P/c1-3-5-7-9-11-13-15-17-19-20-21-22-23-24-25-26-27-28-29-30-32-34-36-38-40-42-49(51)57-48(47-56-58(52,53)55-45-43-50)46-54-44-41-39-37-35-33-31-18-16-14-12-10-8-6-4-2/h6,8,12,14,18,20-21,31,48H,3-5,7,9-11,13,15-17,19,22-30,32-47,50H2,1-2H3,(H,52,53)/b8-6-,14-12-,21-20-,31-18-. The highest BCUT2D eigenvalue weighted by molar-refractivity contribution is 7.47. The molecule has 0 fully saturated rings. The van der Waals surface area contributed by atoms with Gasteiger partial charge < -0.3 is 20.1 Å². The van der Waals surface area contributed by atoms with E-state index in [4.69, 9.17) is 24.3 Å². The summed E-state index contributed by atoms with van der Waals surface area (Å²) in [7, 11) is -4.29. The summed E-state index contributed by atoms with van der Waals surface area (Å²) in [6, 6.07) is 0. The van der Waals surface area contributed by atoms with E-state index in [9.17, 15) is 14.3 Å². The number of nitrogens with two attached hydrogens (primary N) is 1. The van der Waals surface area contributed by atoms with Crippen molar-refractivity contribution in [2.45, 2.75) is 225 Å². The first-order valence-electron chi connectivity index (χ1n) is 24.1. The van der Waals surface area contributed by atoms with Crippen molar-refractivity contribution >= 4 is 13.8 Å². The van der Waals surface area contributed by atoms with Crippen molar-refractivity contribution in [3.63, 3.8) is 0 Å². The maximum Gasteiger partial charge on any atom is 0.472 e. The summed E-state index contributed by atoms with van der Waals surface area (Å²) in [5.74, 6) is -0.338. The van der Waals surface area contributed by atoms with Gasteiger partial charge in [-0.2, -0.15) is 0 Å². The molecule has 3 N–H and O–H groups in total. The van der Waals surface area contributed by atoms with Crippen molar-refractivity contribution in [1.82, 2.24) is 0 Å². The van der Waals surface area contributed by atoms with Crippen molar-refractivity contribution in [3.05, 3.63) is 48.6 Å². The molecule has 0 aliphatic carbocycles. The summed E-state index contributed by atoms with van der Waals surface area (Å²) >= 11 is 0. The smallest absolute Gasteiger partial charge is 0.457 e. The molecule has 0 radical (unpaired) electrons. The second-order valence-electron chi connectivity index (χ2n) is 15.9. The van der Waals surface area contributed by atoms with Crippen molar-refractivity contribution in [2.75, 3.05) is 33.0 Å². The molecule has 0 aromatic heterocycles. The molecule has 2 unspecified atom stereocenters. The second kappa shape index (κ2) is 46.5. The van der Waals surface area contributed by atoms with E-state index in [0.717, 1.165) is 70.6 Å². The predicted molar refractivity (Wildman–Crippen MR) is 247 cm³/mol. The fraction of sp³-hybridized carbons (Fsp3) is 0.816. The number of phosphoric acid groups is 1. The number of carbonyl (C=O) groups is 1. The summed E-state index contributed by atoms with van der Waals surface area (Å²) in [6.45, 7) is 4.77. The molecule has 9 heteroatoms. The fourth-order valence-electron chi connectivity index (χ4n) is 6.71. The maximum absolute atomic E-state index is 12.6. The molecule has 58 heavy (non-hydrogen) atoms. The summed E-state index contributed by atoms with van der Waals surface area (Å²) < 4.78 is 33.5. The minimum Gasteiger partial charge on any atom is -0.457 e. The molecule has 0 saturated carbocycles. The first kappa shape index (κ1) is 56.5. The van der Waals surface area contributed by atoms with Crippen LogP contribution in [0.3, 0.4) is 0 Å². The normalized spacial score (nSPS) is 13.8. The third kappa shape index (κ3) is 45.5. The van der Waals surface area contributed by atoms with Crippen LogP contribution in [0.4, 0.5) is 0 Å². The molecule has 0 aromatic carbocycles. The second-order valence-corrected chi connectivity index (χ2v) is 17.4. The quantitative estimate of drug-likeness (QED) is 0.0269. The summed E-state index contributed by atoms with van der Waals surface area (Å²) in [5, 5.41) is 0. The summed E-state index contributed by atoms with van der Waals surface area (Å²) in [4.78, 5) is 22.5. The van der Waals surface area contributed by atoms with E-state index in [0.29, 0.717) is 13.0 Å². The van der Waals surface area contributed by atoms with Gasteiger partial charge in [0.2, 0.25) is 0 Å². The van der Waals surface area contributed by atoms with E-state index in [-0.39, 0.29) is 32.3 Å². The molecule has 8 nitrogen and oxygen atoms in total. The van der Waals surface area contributed by atoms with Crippen LogP contribution >= 0.6 is 7.82 Å². The fourth-order valence-corrected chi connectivity index (χ4v) is 7.48. The Labute approximate surface area is 358 Å². The Hall–Kier alpha value is -1.54. The zero-order chi connectivity index (χ0) is 42.3. The van der Waals surface area contributed by atoms with Gasteiger partial charge in [-0.05, 0) is 70.6 Å². The van der Waals surface area contributed by atoms with E-state index in [1.165, 1.54) is 128 Å². The molecule has 2 atom stereocenters. The Bertz CT molecular complexity index is 1030. The first-order valence-corrected chi connectivity index (χ1v) is 25.6. The number of hydrogen-bond acceptors (Lipinski definition) is 7. The minimum atomic E-state index is -4.29. The number of phosphoric ester groups is 1. The van der Waals surface area contributed by atoms with Gasteiger partial charge in [-0.15, -0.1) is 0 Å². The number of esters is 1. The molecular formula is C49H92NO7P. The van der Waals surface area contributed by atoms with Crippen LogP contribution in [-0.4, -0.2) is 49.9 Å². The largest absolute Gasteiger partial charge is 0.472 e. The Kier molecular flexibility index (Phi) is 45.3. The van der Waals surface area contributed by atoms with Crippen LogP contribution < -0.4 is 5.73 Å². The number of hydrogen-bond donors (Lipinski definition) is 2. The average molecular weight is 838 g/mol. The monoisotopic (exact) mass is 838 g/mol. The topological polar surface area (TPSA) is 117 Å². The van der Waals surface area contributed by atoms with Gasteiger partial charge >= 0.3 is 13.8 Å². The van der Waals surface area contributed by atoms with E-state index in [2.05, 4.69) is 62.5 Å². The Morgan fingerprint density at radius 3 is 1.47 bits per heavy atom. The number of carbonyl (C=O) groups excluding carboxylic acids is 1. The Morgan fingerprint density at radius 2 is 0.966 bits per heavy atom. The van der Waals surface area contributed by atoms with Gasteiger partial charge in [0.1, 0.15) is 6.10 Å². The SMILES string of the molecule is CC/C=C\C/C=C\C/C=C\CCCCCCOCC(COP(=O)(O)OCCN)OC(=O)CCCCCCCCCCCCCCC/C=C\CCCCCCCCCC. The van der Waals surface area contributed by atoms with Gasteiger partial charge in [0, 0.05) is 19.6 Å². The summed E-state index contributed by atoms with van der Waals surface area (Å²) in [5.41, 5.74) is 5.37. The molecule has 0 aromatic rings. The van der Waals surface area contributed by atoms with Gasteiger partial charge in [-0.1, -0.05) is 191 Å². The van der Waals surface area contributed by atoms with Crippen molar-refractivity contribution in [3.8, 4) is 0 Å². The van der Waals surface area contributed by atoms with Crippen LogP contribution in [0.25, 0.3) is 0 Å². The van der Waals surface area contributed by atoms with Crippen LogP contribution in [0.2, 0.25) is 0 Å². The molecule has 0 rings (SSSR count). The predicted octanol–water partition coefficient (Wildman–Crippen LogP) is 14.8. The lowest BCUT2D eigenvalue weighted by Gasteiger charge is -2.20. The maximum atomic E-state index is 12.6. The van der Waals surface area contributed by atoms with Crippen LogP contribution in [0.5, 0.6) is 0 Å². The lowest BCUT2D eigenvalue weighted by atomic mass is 10.0. The first-order chi connectivity index (χ1) is 28.4. The van der Waals surface area contributed by atoms with Crippen LogP contribution in [0.1, 0.15) is 219 Å². The van der Waals surface area contributed by atoms with Gasteiger partial charge in [0.05, 0.1) is 19.8 Å². The molecule has 0 bridgehead atoms.